The highest BCUT2D eigenvalue weighted by molar-refractivity contribution is 5.82. The second-order valence-corrected chi connectivity index (χ2v) is 5.78. The number of aromatic nitrogens is 1. The summed E-state index contributed by atoms with van der Waals surface area (Å²) < 4.78 is 0. The van der Waals surface area contributed by atoms with E-state index in [0.29, 0.717) is 0 Å². The summed E-state index contributed by atoms with van der Waals surface area (Å²) in [4.78, 5) is 4.81. The molecule has 1 heteroatoms. The molecule has 0 atom stereocenters. The van der Waals surface area contributed by atoms with Crippen LogP contribution in [-0.2, 0) is 0 Å². The fraction of sp³-hybridized carbons (Fsp3) is 0.0455. The summed E-state index contributed by atoms with van der Waals surface area (Å²) in [6.45, 7) is 2.15. The molecule has 0 saturated carbocycles. The molecule has 3 aromatic carbocycles. The summed E-state index contributed by atoms with van der Waals surface area (Å²) in [6, 6.07) is 29.5. The predicted octanol–water partition coefficient (Wildman–Crippen LogP) is 5.88. The number of hydrogen-bond donors (Lipinski definition) is 0. The highest BCUT2D eigenvalue weighted by Gasteiger charge is 2.06. The zero-order valence-corrected chi connectivity index (χ0v) is 13.0. The molecular weight excluding hydrogens is 278 g/mol. The predicted molar refractivity (Wildman–Crippen MR) is 97.4 cm³/mol. The summed E-state index contributed by atoms with van der Waals surface area (Å²) in [7, 11) is 0. The minimum atomic E-state index is 1.03. The Labute approximate surface area is 136 Å². The summed E-state index contributed by atoms with van der Waals surface area (Å²) in [5, 5.41) is 1.18. The van der Waals surface area contributed by atoms with Crippen LogP contribution in [0.2, 0.25) is 0 Å². The Morgan fingerprint density at radius 2 is 1.43 bits per heavy atom. The van der Waals surface area contributed by atoms with E-state index in [0.717, 1.165) is 11.2 Å². The van der Waals surface area contributed by atoms with E-state index < -0.39 is 0 Å². The van der Waals surface area contributed by atoms with E-state index in [1.807, 2.05) is 18.2 Å². The van der Waals surface area contributed by atoms with Crippen LogP contribution in [0.5, 0.6) is 0 Å². The van der Waals surface area contributed by atoms with Crippen molar-refractivity contribution in [1.29, 1.82) is 0 Å². The SMILES string of the molecule is Cc1cc(-c2ccccc2)ccc1-c1ccc2ccccc2n1. The van der Waals surface area contributed by atoms with E-state index in [1.54, 1.807) is 0 Å². The molecule has 0 radical (unpaired) electrons. The highest BCUT2D eigenvalue weighted by Crippen LogP contribution is 2.28. The van der Waals surface area contributed by atoms with Crippen LogP contribution in [0.3, 0.4) is 0 Å². The van der Waals surface area contributed by atoms with Crippen molar-refractivity contribution in [2.75, 3.05) is 0 Å². The van der Waals surface area contributed by atoms with Crippen LogP contribution >= 0.6 is 0 Å². The Hall–Kier alpha value is -2.93. The van der Waals surface area contributed by atoms with E-state index in [9.17, 15) is 0 Å². The number of para-hydroxylation sites is 1. The van der Waals surface area contributed by atoms with Gasteiger partial charge in [-0.2, -0.15) is 0 Å². The van der Waals surface area contributed by atoms with Crippen molar-refractivity contribution in [3.63, 3.8) is 0 Å². The van der Waals surface area contributed by atoms with Gasteiger partial charge in [-0.05, 0) is 35.7 Å². The van der Waals surface area contributed by atoms with E-state index in [-0.39, 0.29) is 0 Å². The Kier molecular flexibility index (Phi) is 3.39. The van der Waals surface area contributed by atoms with E-state index in [4.69, 9.17) is 4.98 Å². The van der Waals surface area contributed by atoms with Gasteiger partial charge >= 0.3 is 0 Å². The van der Waals surface area contributed by atoms with Crippen LogP contribution in [0.25, 0.3) is 33.3 Å². The molecule has 0 spiro atoms. The van der Waals surface area contributed by atoms with Gasteiger partial charge < -0.3 is 0 Å². The number of rotatable bonds is 2. The standard InChI is InChI=1S/C22H17N/c1-16-15-19(17-7-3-2-4-8-17)11-13-20(16)22-14-12-18-9-5-6-10-21(18)23-22/h2-15H,1H3. The van der Waals surface area contributed by atoms with Crippen molar-refractivity contribution in [1.82, 2.24) is 4.98 Å². The van der Waals surface area contributed by atoms with E-state index >= 15 is 0 Å². The molecule has 4 rings (SSSR count). The highest BCUT2D eigenvalue weighted by atomic mass is 14.7. The number of aryl methyl sites for hydroxylation is 1. The summed E-state index contributed by atoms with van der Waals surface area (Å²) in [5.41, 5.74) is 6.99. The van der Waals surface area contributed by atoms with Gasteiger partial charge in [-0.15, -0.1) is 0 Å². The zero-order chi connectivity index (χ0) is 15.6. The van der Waals surface area contributed by atoms with Gasteiger partial charge in [-0.1, -0.05) is 72.8 Å². The second-order valence-electron chi connectivity index (χ2n) is 5.78. The van der Waals surface area contributed by atoms with Crippen LogP contribution in [0.4, 0.5) is 0 Å². The van der Waals surface area contributed by atoms with Crippen LogP contribution < -0.4 is 0 Å². The van der Waals surface area contributed by atoms with Crippen molar-refractivity contribution < 1.29 is 0 Å². The molecule has 0 aliphatic carbocycles. The number of hydrogen-bond acceptors (Lipinski definition) is 1. The monoisotopic (exact) mass is 295 g/mol. The maximum Gasteiger partial charge on any atom is 0.0712 e. The van der Waals surface area contributed by atoms with Crippen molar-refractivity contribution in [2.24, 2.45) is 0 Å². The number of nitrogens with zero attached hydrogens (tertiary/aromatic N) is 1. The molecule has 4 aromatic rings. The quantitative estimate of drug-likeness (QED) is 0.450. The summed E-state index contributed by atoms with van der Waals surface area (Å²) in [5.74, 6) is 0. The molecule has 0 amide bonds. The van der Waals surface area contributed by atoms with Gasteiger partial charge in [-0.3, -0.25) is 0 Å². The first-order valence-corrected chi connectivity index (χ1v) is 7.83. The van der Waals surface area contributed by atoms with Crippen molar-refractivity contribution in [2.45, 2.75) is 6.92 Å². The molecule has 23 heavy (non-hydrogen) atoms. The normalized spacial score (nSPS) is 10.8. The average molecular weight is 295 g/mol. The molecule has 0 unspecified atom stereocenters. The largest absolute Gasteiger partial charge is 0.248 e. The zero-order valence-electron chi connectivity index (χ0n) is 13.0. The first-order valence-electron chi connectivity index (χ1n) is 7.83. The third-order valence-electron chi connectivity index (χ3n) is 4.21. The Morgan fingerprint density at radius 1 is 0.652 bits per heavy atom. The third-order valence-corrected chi connectivity index (χ3v) is 4.21. The second kappa shape index (κ2) is 5.69. The van der Waals surface area contributed by atoms with Gasteiger partial charge in [0.05, 0.1) is 11.2 Å². The molecule has 0 bridgehead atoms. The lowest BCUT2D eigenvalue weighted by Crippen LogP contribution is -1.89. The molecular formula is C22H17N. The third kappa shape index (κ3) is 2.62. The van der Waals surface area contributed by atoms with E-state index in [1.165, 1.54) is 27.6 Å². The summed E-state index contributed by atoms with van der Waals surface area (Å²) >= 11 is 0. The maximum absolute atomic E-state index is 4.81. The molecule has 0 fully saturated rings. The van der Waals surface area contributed by atoms with E-state index in [2.05, 4.69) is 73.7 Å². The molecule has 1 aromatic heterocycles. The molecule has 1 heterocycles. The first kappa shape index (κ1) is 13.7. The van der Waals surface area contributed by atoms with Crippen LogP contribution in [0, 0.1) is 6.92 Å². The number of fused-ring (bicyclic) bond motifs is 1. The van der Waals surface area contributed by atoms with Crippen LogP contribution in [-0.4, -0.2) is 4.98 Å². The Bertz CT molecular complexity index is 971. The molecule has 1 nitrogen and oxygen atoms in total. The topological polar surface area (TPSA) is 12.9 Å². The minimum Gasteiger partial charge on any atom is -0.248 e. The molecule has 110 valence electrons. The Morgan fingerprint density at radius 3 is 2.26 bits per heavy atom. The lowest BCUT2D eigenvalue weighted by atomic mass is 9.98. The molecule has 0 saturated heterocycles. The average Bonchev–Trinajstić information content (AvgIpc) is 2.62. The van der Waals surface area contributed by atoms with Gasteiger partial charge in [-0.25, -0.2) is 4.98 Å². The minimum absolute atomic E-state index is 1.03. The van der Waals surface area contributed by atoms with Crippen molar-refractivity contribution >= 4 is 10.9 Å². The van der Waals surface area contributed by atoms with Gasteiger partial charge in [0.1, 0.15) is 0 Å². The summed E-state index contributed by atoms with van der Waals surface area (Å²) in [6.07, 6.45) is 0. The van der Waals surface area contributed by atoms with Crippen molar-refractivity contribution in [3.05, 3.63) is 90.5 Å². The van der Waals surface area contributed by atoms with Gasteiger partial charge in [0.25, 0.3) is 0 Å². The van der Waals surface area contributed by atoms with Gasteiger partial charge in [0.15, 0.2) is 0 Å². The molecule has 0 aliphatic rings. The Balaban J connectivity index is 1.79. The lowest BCUT2D eigenvalue weighted by molar-refractivity contribution is 1.36. The fourth-order valence-corrected chi connectivity index (χ4v) is 2.98. The molecule has 0 aliphatic heterocycles. The number of pyridine rings is 1. The lowest BCUT2D eigenvalue weighted by Gasteiger charge is -2.09. The van der Waals surface area contributed by atoms with Crippen LogP contribution in [0.15, 0.2) is 84.9 Å². The van der Waals surface area contributed by atoms with Gasteiger partial charge in [0, 0.05) is 10.9 Å². The molecule has 0 N–H and O–H groups in total. The maximum atomic E-state index is 4.81. The van der Waals surface area contributed by atoms with Crippen molar-refractivity contribution in [3.8, 4) is 22.4 Å². The fourth-order valence-electron chi connectivity index (χ4n) is 2.98. The number of benzene rings is 3. The smallest absolute Gasteiger partial charge is 0.0712 e. The van der Waals surface area contributed by atoms with Crippen LogP contribution in [0.1, 0.15) is 5.56 Å². The van der Waals surface area contributed by atoms with Gasteiger partial charge in [0.2, 0.25) is 0 Å². The first-order chi connectivity index (χ1) is 11.3.